The first-order valence-corrected chi connectivity index (χ1v) is 10.3. The topological polar surface area (TPSA) is 125 Å². The Morgan fingerprint density at radius 3 is 2.59 bits per heavy atom. The van der Waals surface area contributed by atoms with Crippen molar-refractivity contribution in [3.05, 3.63) is 53.6 Å². The smallest absolute Gasteiger partial charge is 0.414 e. The number of ether oxygens (including phenoxy) is 2. The number of aliphatic carboxylic acids is 2. The predicted molar refractivity (Wildman–Crippen MR) is 115 cm³/mol. The number of phenolic OH excluding ortho intramolecular Hbond substituents is 1. The van der Waals surface area contributed by atoms with Gasteiger partial charge in [0.05, 0.1) is 13.3 Å². The highest BCUT2D eigenvalue weighted by Gasteiger charge is 2.19. The average molecular weight is 449 g/mol. The molecule has 0 saturated carbocycles. The van der Waals surface area contributed by atoms with Crippen LogP contribution in [-0.4, -0.2) is 53.2 Å². The van der Waals surface area contributed by atoms with E-state index >= 15 is 0 Å². The third-order valence-corrected chi connectivity index (χ3v) is 4.71. The van der Waals surface area contributed by atoms with Crippen LogP contribution in [0.5, 0.6) is 17.2 Å². The molecule has 2 aromatic carbocycles. The number of aromatic hydroxyl groups is 1. The molecule has 0 saturated heterocycles. The Kier molecular flexibility index (Phi) is 10.3. The molecule has 4 N–H and O–H groups in total. The van der Waals surface area contributed by atoms with Crippen molar-refractivity contribution < 1.29 is 38.8 Å². The van der Waals surface area contributed by atoms with Crippen LogP contribution in [0.1, 0.15) is 30.4 Å². The van der Waals surface area contributed by atoms with Crippen molar-refractivity contribution in [2.75, 3.05) is 19.8 Å². The van der Waals surface area contributed by atoms with Crippen molar-refractivity contribution >= 4 is 11.9 Å². The molecule has 0 aliphatic carbocycles. The van der Waals surface area contributed by atoms with Crippen LogP contribution in [0.4, 0.5) is 4.39 Å². The molecule has 0 bridgehead atoms. The molecule has 32 heavy (non-hydrogen) atoms. The SMILES string of the molecule is O=C(O)C(=O)O.Oc1ccc2c(c1)O[C@@H](CNCc1ccccc1OCCCCF)CC2. The summed E-state index contributed by atoms with van der Waals surface area (Å²) in [5, 5.41) is 27.8. The number of halogens is 1. The summed E-state index contributed by atoms with van der Waals surface area (Å²) in [6, 6.07) is 13.2. The van der Waals surface area contributed by atoms with Gasteiger partial charge >= 0.3 is 11.9 Å². The standard InChI is InChI=1S/C21H26FNO3.C2H2O4/c22-11-3-4-12-25-20-6-2-1-5-17(20)14-23-15-19-10-8-16-7-9-18(24)13-21(16)26-19;3-1(4)2(5)6/h1-2,5-7,9,13,19,23-24H,3-4,8,10-12,14-15H2;(H,3,4)(H,5,6)/t19-;/m1./s1. The lowest BCUT2D eigenvalue weighted by molar-refractivity contribution is -0.159. The molecule has 8 nitrogen and oxygen atoms in total. The van der Waals surface area contributed by atoms with Gasteiger partial charge in [-0.3, -0.25) is 4.39 Å². The number of nitrogens with one attached hydrogen (secondary N) is 1. The van der Waals surface area contributed by atoms with E-state index in [0.29, 0.717) is 19.6 Å². The van der Waals surface area contributed by atoms with E-state index in [1.807, 2.05) is 30.3 Å². The first kappa shape index (κ1) is 24.9. The lowest BCUT2D eigenvalue weighted by atomic mass is 10.0. The average Bonchev–Trinajstić information content (AvgIpc) is 2.77. The third-order valence-electron chi connectivity index (χ3n) is 4.71. The molecule has 9 heteroatoms. The maximum atomic E-state index is 12.2. The molecule has 0 spiro atoms. The van der Waals surface area contributed by atoms with Gasteiger partial charge in [0.1, 0.15) is 23.4 Å². The Bertz CT molecular complexity index is 878. The monoisotopic (exact) mass is 449 g/mol. The Hall–Kier alpha value is -3.33. The number of aryl methyl sites for hydroxylation is 1. The van der Waals surface area contributed by atoms with Gasteiger partial charge in [-0.25, -0.2) is 9.59 Å². The summed E-state index contributed by atoms with van der Waals surface area (Å²) in [7, 11) is 0. The zero-order chi connectivity index (χ0) is 23.3. The summed E-state index contributed by atoms with van der Waals surface area (Å²) in [6.07, 6.45) is 3.25. The highest BCUT2D eigenvalue weighted by atomic mass is 19.1. The summed E-state index contributed by atoms with van der Waals surface area (Å²) in [6.45, 7) is 1.65. The molecule has 0 amide bonds. The first-order chi connectivity index (χ1) is 15.4. The number of hydrogen-bond acceptors (Lipinski definition) is 6. The van der Waals surface area contributed by atoms with Gasteiger partial charge in [0.15, 0.2) is 0 Å². The largest absolute Gasteiger partial charge is 0.508 e. The van der Waals surface area contributed by atoms with E-state index < -0.39 is 11.9 Å². The number of benzene rings is 2. The number of fused-ring (bicyclic) bond motifs is 1. The predicted octanol–water partition coefficient (Wildman–Crippen LogP) is 3.16. The fraction of sp³-hybridized carbons (Fsp3) is 0.391. The molecule has 0 aromatic heterocycles. The molecule has 2 aromatic rings. The summed E-state index contributed by atoms with van der Waals surface area (Å²) >= 11 is 0. The van der Waals surface area contributed by atoms with Crippen LogP contribution in [-0.2, 0) is 22.6 Å². The molecule has 1 heterocycles. The van der Waals surface area contributed by atoms with Gasteiger partial charge in [0.25, 0.3) is 0 Å². The van der Waals surface area contributed by atoms with E-state index in [2.05, 4.69) is 5.32 Å². The Morgan fingerprint density at radius 1 is 1.12 bits per heavy atom. The molecular formula is C23H28FNO7. The second kappa shape index (κ2) is 13.2. The van der Waals surface area contributed by atoms with E-state index in [0.717, 1.165) is 48.4 Å². The number of carboxylic acids is 2. The van der Waals surface area contributed by atoms with E-state index in [1.165, 1.54) is 0 Å². The van der Waals surface area contributed by atoms with Crippen molar-refractivity contribution in [3.63, 3.8) is 0 Å². The summed E-state index contributed by atoms with van der Waals surface area (Å²) in [4.78, 5) is 18.2. The number of rotatable bonds is 9. The van der Waals surface area contributed by atoms with Crippen molar-refractivity contribution in [2.45, 2.75) is 38.3 Å². The summed E-state index contributed by atoms with van der Waals surface area (Å²) in [5.41, 5.74) is 2.23. The highest BCUT2D eigenvalue weighted by Crippen LogP contribution is 2.30. The van der Waals surface area contributed by atoms with Crippen LogP contribution < -0.4 is 14.8 Å². The summed E-state index contributed by atoms with van der Waals surface area (Å²) < 4.78 is 23.9. The number of carboxylic acid groups (broad SMARTS) is 2. The van der Waals surface area contributed by atoms with Crippen LogP contribution >= 0.6 is 0 Å². The second-order valence-electron chi connectivity index (χ2n) is 7.16. The fourth-order valence-electron chi connectivity index (χ4n) is 3.10. The zero-order valence-electron chi connectivity index (χ0n) is 17.6. The molecule has 0 unspecified atom stereocenters. The molecule has 1 aliphatic rings. The van der Waals surface area contributed by atoms with E-state index in [4.69, 9.17) is 29.3 Å². The number of phenols is 1. The number of alkyl halides is 1. The van der Waals surface area contributed by atoms with Gasteiger partial charge < -0.3 is 30.1 Å². The van der Waals surface area contributed by atoms with Crippen LogP contribution in [0.3, 0.4) is 0 Å². The molecule has 0 radical (unpaired) electrons. The normalized spacial score (nSPS) is 14.3. The molecule has 174 valence electrons. The van der Waals surface area contributed by atoms with Crippen LogP contribution in [0.25, 0.3) is 0 Å². The Labute approximate surface area is 185 Å². The zero-order valence-corrected chi connectivity index (χ0v) is 17.6. The maximum Gasteiger partial charge on any atom is 0.414 e. The highest BCUT2D eigenvalue weighted by molar-refractivity contribution is 6.27. The van der Waals surface area contributed by atoms with Gasteiger partial charge in [0, 0.05) is 24.7 Å². The van der Waals surface area contributed by atoms with E-state index in [1.54, 1.807) is 12.1 Å². The quantitative estimate of drug-likeness (QED) is 0.340. The molecule has 3 rings (SSSR count). The minimum Gasteiger partial charge on any atom is -0.508 e. The van der Waals surface area contributed by atoms with Gasteiger partial charge in [-0.1, -0.05) is 24.3 Å². The van der Waals surface area contributed by atoms with Crippen LogP contribution in [0.2, 0.25) is 0 Å². The number of unbranched alkanes of at least 4 members (excludes halogenated alkanes) is 1. The number of para-hydroxylation sites is 1. The molecule has 1 atom stereocenters. The summed E-state index contributed by atoms with van der Waals surface area (Å²) in [5.74, 6) is -1.79. The number of carbonyl (C=O) groups is 2. The van der Waals surface area contributed by atoms with Gasteiger partial charge in [-0.05, 0) is 43.4 Å². The minimum atomic E-state index is -1.82. The van der Waals surface area contributed by atoms with E-state index in [-0.39, 0.29) is 18.5 Å². The minimum absolute atomic E-state index is 0.0851. The van der Waals surface area contributed by atoms with Crippen LogP contribution in [0, 0.1) is 0 Å². The molecule has 0 fully saturated rings. The Morgan fingerprint density at radius 2 is 1.88 bits per heavy atom. The molecular weight excluding hydrogens is 421 g/mol. The second-order valence-corrected chi connectivity index (χ2v) is 7.16. The van der Waals surface area contributed by atoms with Crippen molar-refractivity contribution in [2.24, 2.45) is 0 Å². The van der Waals surface area contributed by atoms with E-state index in [9.17, 15) is 9.50 Å². The lowest BCUT2D eigenvalue weighted by Crippen LogP contribution is -2.34. The third kappa shape index (κ3) is 8.43. The first-order valence-electron chi connectivity index (χ1n) is 10.3. The number of hydrogen-bond donors (Lipinski definition) is 4. The lowest BCUT2D eigenvalue weighted by Gasteiger charge is -2.26. The maximum absolute atomic E-state index is 12.2. The van der Waals surface area contributed by atoms with Crippen molar-refractivity contribution in [1.82, 2.24) is 5.32 Å². The Balaban J connectivity index is 0.000000534. The fourth-order valence-corrected chi connectivity index (χ4v) is 3.10. The van der Waals surface area contributed by atoms with Gasteiger partial charge in [-0.15, -0.1) is 0 Å². The van der Waals surface area contributed by atoms with Gasteiger partial charge in [0.2, 0.25) is 0 Å². The van der Waals surface area contributed by atoms with Gasteiger partial charge in [-0.2, -0.15) is 0 Å². The van der Waals surface area contributed by atoms with Crippen molar-refractivity contribution in [1.29, 1.82) is 0 Å². The van der Waals surface area contributed by atoms with Crippen LogP contribution in [0.15, 0.2) is 42.5 Å². The van der Waals surface area contributed by atoms with Crippen molar-refractivity contribution in [3.8, 4) is 17.2 Å². The molecule has 1 aliphatic heterocycles.